The molecule has 0 amide bonds. The van der Waals surface area contributed by atoms with Crippen LogP contribution in [0.2, 0.25) is 0 Å². The monoisotopic (exact) mass is 145 g/mol. The van der Waals surface area contributed by atoms with Crippen LogP contribution < -0.4 is 0 Å². The van der Waals surface area contributed by atoms with E-state index in [0.29, 0.717) is 5.92 Å². The van der Waals surface area contributed by atoms with E-state index in [-0.39, 0.29) is 0 Å². The molecule has 1 aromatic rings. The molecule has 1 atom stereocenters. The zero-order valence-electron chi connectivity index (χ0n) is 6.83. The molecule has 1 aliphatic carbocycles. The van der Waals surface area contributed by atoms with E-state index in [1.54, 1.807) is 0 Å². The number of allylic oxidation sites excluding steroid dienone is 1. The second-order valence-corrected chi connectivity index (χ2v) is 3.07. The minimum Gasteiger partial charge on any atom is -0.253 e. The van der Waals surface area contributed by atoms with Crippen molar-refractivity contribution in [1.29, 1.82) is 0 Å². The molecule has 0 bridgehead atoms. The third-order valence-corrected chi connectivity index (χ3v) is 2.13. The Morgan fingerprint density at radius 2 is 2.18 bits per heavy atom. The number of aromatic nitrogens is 1. The lowest BCUT2D eigenvalue weighted by atomic mass is 10.1. The van der Waals surface area contributed by atoms with Gasteiger partial charge in [0, 0.05) is 11.6 Å². The maximum Gasteiger partial charge on any atom is 0.0667 e. The van der Waals surface area contributed by atoms with Crippen LogP contribution in [0, 0.1) is 6.92 Å². The van der Waals surface area contributed by atoms with E-state index in [0.717, 1.165) is 11.4 Å². The fourth-order valence-corrected chi connectivity index (χ4v) is 1.45. The summed E-state index contributed by atoms with van der Waals surface area (Å²) in [6.45, 7) is 4.22. The van der Waals surface area contributed by atoms with Gasteiger partial charge in [-0.05, 0) is 24.6 Å². The molecule has 1 aromatic heterocycles. The summed E-state index contributed by atoms with van der Waals surface area (Å²) in [4.78, 5) is 4.42. The van der Waals surface area contributed by atoms with Gasteiger partial charge in [0.2, 0.25) is 0 Å². The molecule has 2 rings (SSSR count). The molecule has 1 unspecified atom stereocenters. The van der Waals surface area contributed by atoms with Gasteiger partial charge in [-0.1, -0.05) is 19.1 Å². The molecule has 0 saturated heterocycles. The highest BCUT2D eigenvalue weighted by atomic mass is 14.7. The second kappa shape index (κ2) is 2.19. The number of aryl methyl sites for hydroxylation is 1. The number of rotatable bonds is 0. The quantitative estimate of drug-likeness (QED) is 0.546. The topological polar surface area (TPSA) is 12.9 Å². The third kappa shape index (κ3) is 0.967. The standard InChI is InChI=1S/C10H11N/c1-7-3-6-10-9(7)5-4-8(2)11-10/h3-7H,1-2H3. The average molecular weight is 145 g/mol. The van der Waals surface area contributed by atoms with Crippen molar-refractivity contribution in [1.82, 2.24) is 4.98 Å². The highest BCUT2D eigenvalue weighted by molar-refractivity contribution is 5.58. The first-order valence-corrected chi connectivity index (χ1v) is 3.93. The van der Waals surface area contributed by atoms with Gasteiger partial charge < -0.3 is 0 Å². The summed E-state index contributed by atoms with van der Waals surface area (Å²) >= 11 is 0. The van der Waals surface area contributed by atoms with Crippen molar-refractivity contribution < 1.29 is 0 Å². The maximum absolute atomic E-state index is 4.42. The van der Waals surface area contributed by atoms with Crippen molar-refractivity contribution in [2.24, 2.45) is 0 Å². The van der Waals surface area contributed by atoms with E-state index in [9.17, 15) is 0 Å². The first kappa shape index (κ1) is 6.59. The van der Waals surface area contributed by atoms with E-state index in [1.165, 1.54) is 5.56 Å². The van der Waals surface area contributed by atoms with E-state index < -0.39 is 0 Å². The molecule has 11 heavy (non-hydrogen) atoms. The Morgan fingerprint density at radius 1 is 1.36 bits per heavy atom. The van der Waals surface area contributed by atoms with Crippen LogP contribution in [0.15, 0.2) is 18.2 Å². The van der Waals surface area contributed by atoms with Crippen LogP contribution in [0.4, 0.5) is 0 Å². The predicted octanol–water partition coefficient (Wildman–Crippen LogP) is 2.52. The van der Waals surface area contributed by atoms with Crippen molar-refractivity contribution in [3.05, 3.63) is 35.2 Å². The second-order valence-electron chi connectivity index (χ2n) is 3.07. The SMILES string of the molecule is Cc1ccc2c(n1)C=CC2C. The smallest absolute Gasteiger partial charge is 0.0667 e. The van der Waals surface area contributed by atoms with Crippen molar-refractivity contribution in [2.75, 3.05) is 0 Å². The van der Waals surface area contributed by atoms with Gasteiger partial charge in [0.15, 0.2) is 0 Å². The highest BCUT2D eigenvalue weighted by Crippen LogP contribution is 2.27. The fraction of sp³-hybridized carbons (Fsp3) is 0.300. The molecule has 0 N–H and O–H groups in total. The number of nitrogens with zero attached hydrogens (tertiary/aromatic N) is 1. The first-order valence-electron chi connectivity index (χ1n) is 3.93. The van der Waals surface area contributed by atoms with Crippen molar-refractivity contribution in [3.8, 4) is 0 Å². The van der Waals surface area contributed by atoms with Crippen LogP contribution in [0.1, 0.15) is 29.8 Å². The summed E-state index contributed by atoms with van der Waals surface area (Å²) in [6.07, 6.45) is 4.30. The number of pyridine rings is 1. The lowest BCUT2D eigenvalue weighted by Gasteiger charge is -2.03. The van der Waals surface area contributed by atoms with Crippen LogP contribution >= 0.6 is 0 Å². The van der Waals surface area contributed by atoms with E-state index in [1.807, 2.05) is 6.92 Å². The van der Waals surface area contributed by atoms with Gasteiger partial charge in [-0.15, -0.1) is 0 Å². The number of fused-ring (bicyclic) bond motifs is 1. The van der Waals surface area contributed by atoms with Crippen LogP contribution in [0.5, 0.6) is 0 Å². The van der Waals surface area contributed by atoms with Gasteiger partial charge in [0.05, 0.1) is 5.69 Å². The fourth-order valence-electron chi connectivity index (χ4n) is 1.45. The Hall–Kier alpha value is -1.11. The molecule has 1 nitrogen and oxygen atoms in total. The van der Waals surface area contributed by atoms with Crippen LogP contribution in [0.3, 0.4) is 0 Å². The molecule has 1 heteroatoms. The largest absolute Gasteiger partial charge is 0.253 e. The summed E-state index contributed by atoms with van der Waals surface area (Å²) in [5, 5.41) is 0. The molecular weight excluding hydrogens is 134 g/mol. The van der Waals surface area contributed by atoms with Gasteiger partial charge >= 0.3 is 0 Å². The Morgan fingerprint density at radius 3 is 3.00 bits per heavy atom. The highest BCUT2D eigenvalue weighted by Gasteiger charge is 2.12. The molecule has 1 aliphatic rings. The van der Waals surface area contributed by atoms with Crippen LogP contribution in [-0.2, 0) is 0 Å². The molecule has 0 saturated carbocycles. The molecule has 56 valence electrons. The Balaban J connectivity index is 2.58. The summed E-state index contributed by atoms with van der Waals surface area (Å²) in [5.41, 5.74) is 3.61. The Bertz CT molecular complexity index is 313. The Labute approximate surface area is 66.8 Å². The van der Waals surface area contributed by atoms with Gasteiger partial charge in [-0.25, -0.2) is 0 Å². The van der Waals surface area contributed by atoms with Crippen LogP contribution in [0.25, 0.3) is 6.08 Å². The third-order valence-electron chi connectivity index (χ3n) is 2.13. The molecule has 0 aliphatic heterocycles. The van der Waals surface area contributed by atoms with Crippen molar-refractivity contribution >= 4 is 6.08 Å². The zero-order chi connectivity index (χ0) is 7.84. The predicted molar refractivity (Wildman–Crippen MR) is 46.4 cm³/mol. The molecule has 0 aromatic carbocycles. The van der Waals surface area contributed by atoms with Gasteiger partial charge in [-0.3, -0.25) is 4.98 Å². The van der Waals surface area contributed by atoms with Gasteiger partial charge in [-0.2, -0.15) is 0 Å². The molecule has 0 radical (unpaired) electrons. The minimum atomic E-state index is 0.554. The van der Waals surface area contributed by atoms with Crippen molar-refractivity contribution in [2.45, 2.75) is 19.8 Å². The number of hydrogen-bond acceptors (Lipinski definition) is 1. The van der Waals surface area contributed by atoms with Crippen LogP contribution in [-0.4, -0.2) is 4.98 Å². The minimum absolute atomic E-state index is 0.554. The Kier molecular flexibility index (Phi) is 1.31. The lowest BCUT2D eigenvalue weighted by molar-refractivity contribution is 0.971. The van der Waals surface area contributed by atoms with E-state index in [2.05, 4.69) is 36.2 Å². The van der Waals surface area contributed by atoms with Crippen molar-refractivity contribution in [3.63, 3.8) is 0 Å². The molecule has 1 heterocycles. The summed E-state index contributed by atoms with van der Waals surface area (Å²) in [7, 11) is 0. The number of hydrogen-bond donors (Lipinski definition) is 0. The van der Waals surface area contributed by atoms with E-state index >= 15 is 0 Å². The molecule has 0 fully saturated rings. The summed E-state index contributed by atoms with van der Waals surface area (Å²) in [5.74, 6) is 0.554. The summed E-state index contributed by atoms with van der Waals surface area (Å²) in [6, 6.07) is 4.24. The van der Waals surface area contributed by atoms with Gasteiger partial charge in [0.25, 0.3) is 0 Å². The lowest BCUT2D eigenvalue weighted by Crippen LogP contribution is -1.91. The first-order chi connectivity index (χ1) is 5.27. The average Bonchev–Trinajstić information content (AvgIpc) is 2.32. The van der Waals surface area contributed by atoms with E-state index in [4.69, 9.17) is 0 Å². The molecular formula is C10H11N. The maximum atomic E-state index is 4.42. The molecule has 0 spiro atoms. The summed E-state index contributed by atoms with van der Waals surface area (Å²) < 4.78 is 0. The normalized spacial score (nSPS) is 20.4. The van der Waals surface area contributed by atoms with Gasteiger partial charge in [0.1, 0.15) is 0 Å². The zero-order valence-corrected chi connectivity index (χ0v) is 6.83.